The Hall–Kier alpha value is -2.42. The number of phenolic OH excluding ortho intramolecular Hbond substituents is 1. The van der Waals surface area contributed by atoms with E-state index < -0.39 is 35.8 Å². The highest BCUT2D eigenvalue weighted by Crippen LogP contribution is 2.40. The summed E-state index contributed by atoms with van der Waals surface area (Å²) >= 11 is 0. The zero-order valence-electron chi connectivity index (χ0n) is 13.4. The van der Waals surface area contributed by atoms with Crippen LogP contribution in [0.5, 0.6) is 5.75 Å². The molecular weight excluding hydrogens is 356 g/mol. The van der Waals surface area contributed by atoms with Gasteiger partial charge in [0.25, 0.3) is 5.56 Å². The molecule has 2 aromatic rings. The molecule has 1 aliphatic carbocycles. The predicted molar refractivity (Wildman–Crippen MR) is 84.3 cm³/mol. The van der Waals surface area contributed by atoms with Crippen LogP contribution in [0.15, 0.2) is 35.5 Å². The van der Waals surface area contributed by atoms with E-state index in [1.807, 2.05) is 0 Å². The monoisotopic (exact) mass is 372 g/mol. The van der Waals surface area contributed by atoms with Crippen molar-refractivity contribution in [3.63, 3.8) is 0 Å². The van der Waals surface area contributed by atoms with Gasteiger partial charge in [-0.3, -0.25) is 9.36 Å². The molecular formula is C17H16F4N2O3. The fourth-order valence-electron chi connectivity index (χ4n) is 3.11. The van der Waals surface area contributed by atoms with Crippen LogP contribution in [0.2, 0.25) is 0 Å². The van der Waals surface area contributed by atoms with Crippen LogP contribution in [-0.4, -0.2) is 32.5 Å². The molecule has 140 valence electrons. The third-order valence-corrected chi connectivity index (χ3v) is 4.70. The van der Waals surface area contributed by atoms with Crippen molar-refractivity contribution in [2.75, 3.05) is 6.61 Å². The second-order valence-corrected chi connectivity index (χ2v) is 6.33. The van der Waals surface area contributed by atoms with Gasteiger partial charge in [0.1, 0.15) is 11.9 Å². The first-order valence-corrected chi connectivity index (χ1v) is 7.94. The maximum Gasteiger partial charge on any atom is 0.416 e. The van der Waals surface area contributed by atoms with Crippen LogP contribution in [0.25, 0.3) is 11.1 Å². The number of phenols is 1. The number of hydrogen-bond acceptors (Lipinski definition) is 4. The van der Waals surface area contributed by atoms with Crippen LogP contribution in [0.3, 0.4) is 0 Å². The van der Waals surface area contributed by atoms with Gasteiger partial charge in [-0.05, 0) is 37.0 Å². The summed E-state index contributed by atoms with van der Waals surface area (Å²) in [6, 6.07) is 2.05. The van der Waals surface area contributed by atoms with Gasteiger partial charge in [-0.1, -0.05) is 0 Å². The number of nitrogens with zero attached hydrogens (tertiary/aromatic N) is 2. The minimum atomic E-state index is -4.61. The summed E-state index contributed by atoms with van der Waals surface area (Å²) in [5, 5.41) is 18.7. The van der Waals surface area contributed by atoms with Crippen molar-refractivity contribution < 1.29 is 27.8 Å². The number of halogens is 4. The number of benzene rings is 1. The summed E-state index contributed by atoms with van der Waals surface area (Å²) in [5.41, 5.74) is -1.65. The summed E-state index contributed by atoms with van der Waals surface area (Å²) in [6.07, 6.45) is -2.81. The highest BCUT2D eigenvalue weighted by molar-refractivity contribution is 5.69. The molecule has 1 atom stereocenters. The Morgan fingerprint density at radius 1 is 1.27 bits per heavy atom. The fourth-order valence-corrected chi connectivity index (χ4v) is 3.11. The van der Waals surface area contributed by atoms with Crippen LogP contribution in [0, 0.1) is 5.92 Å². The molecule has 0 spiro atoms. The first-order valence-electron chi connectivity index (χ1n) is 7.94. The number of aromatic nitrogens is 2. The van der Waals surface area contributed by atoms with Crippen molar-refractivity contribution in [1.29, 1.82) is 0 Å². The first-order chi connectivity index (χ1) is 12.2. The standard InChI is InChI=1S/C17H16F4N2O3/c18-14(7-24)9-3-11(4-9)23-8-22-6-13(16(23)26)12-2-1-10(5-15(12)25)17(19,20)21/h1-2,5-6,8-9,11,14,24-25H,3-4,7H2. The van der Waals surface area contributed by atoms with Crippen LogP contribution < -0.4 is 5.56 Å². The molecule has 1 aromatic carbocycles. The fraction of sp³-hybridized carbons (Fsp3) is 0.412. The lowest BCUT2D eigenvalue weighted by atomic mass is 9.77. The molecule has 0 radical (unpaired) electrons. The number of aromatic hydroxyl groups is 1. The summed E-state index contributed by atoms with van der Waals surface area (Å²) in [7, 11) is 0. The van der Waals surface area contributed by atoms with Gasteiger partial charge in [0, 0.05) is 17.8 Å². The van der Waals surface area contributed by atoms with Gasteiger partial charge in [0.2, 0.25) is 0 Å². The third kappa shape index (κ3) is 3.31. The highest BCUT2D eigenvalue weighted by atomic mass is 19.4. The van der Waals surface area contributed by atoms with Crippen molar-refractivity contribution in [2.45, 2.75) is 31.2 Å². The number of alkyl halides is 4. The summed E-state index contributed by atoms with van der Waals surface area (Å²) in [5.74, 6) is -1.02. The lowest BCUT2D eigenvalue weighted by Gasteiger charge is -2.37. The normalized spacial score (nSPS) is 21.3. The average molecular weight is 372 g/mol. The second-order valence-electron chi connectivity index (χ2n) is 6.33. The van der Waals surface area contributed by atoms with Gasteiger partial charge in [0.15, 0.2) is 0 Å². The summed E-state index contributed by atoms with van der Waals surface area (Å²) < 4.78 is 52.8. The van der Waals surface area contributed by atoms with Crippen molar-refractivity contribution in [2.24, 2.45) is 5.92 Å². The Bertz CT molecular complexity index is 860. The van der Waals surface area contributed by atoms with Crippen molar-refractivity contribution >= 4 is 0 Å². The Morgan fingerprint density at radius 3 is 2.54 bits per heavy atom. The maximum atomic E-state index is 13.4. The second kappa shape index (κ2) is 6.71. The molecule has 2 N–H and O–H groups in total. The van der Waals surface area contributed by atoms with Gasteiger partial charge in [-0.2, -0.15) is 13.2 Å². The van der Waals surface area contributed by atoms with Gasteiger partial charge in [-0.25, -0.2) is 9.37 Å². The molecule has 0 aliphatic heterocycles. The molecule has 1 unspecified atom stereocenters. The van der Waals surface area contributed by atoms with E-state index in [9.17, 15) is 27.5 Å². The Balaban J connectivity index is 1.90. The number of hydrogen-bond donors (Lipinski definition) is 2. The van der Waals surface area contributed by atoms with Crippen LogP contribution >= 0.6 is 0 Å². The molecule has 1 heterocycles. The molecule has 0 amide bonds. The lowest BCUT2D eigenvalue weighted by molar-refractivity contribution is -0.137. The minimum Gasteiger partial charge on any atom is -0.507 e. The van der Waals surface area contributed by atoms with E-state index in [1.165, 1.54) is 17.1 Å². The van der Waals surface area contributed by atoms with E-state index in [4.69, 9.17) is 5.11 Å². The summed E-state index contributed by atoms with van der Waals surface area (Å²) in [6.45, 7) is -0.579. The Labute approximate surface area is 145 Å². The largest absolute Gasteiger partial charge is 0.507 e. The van der Waals surface area contributed by atoms with Crippen LogP contribution in [0.4, 0.5) is 17.6 Å². The van der Waals surface area contributed by atoms with E-state index in [0.717, 1.165) is 12.1 Å². The first kappa shape index (κ1) is 18.4. The van der Waals surface area contributed by atoms with Crippen molar-refractivity contribution in [1.82, 2.24) is 9.55 Å². The zero-order valence-corrected chi connectivity index (χ0v) is 13.4. The minimum absolute atomic E-state index is 0.0406. The third-order valence-electron chi connectivity index (χ3n) is 4.70. The predicted octanol–water partition coefficient (Wildman–Crippen LogP) is 2.92. The molecule has 1 saturated carbocycles. The molecule has 26 heavy (non-hydrogen) atoms. The Morgan fingerprint density at radius 2 is 1.96 bits per heavy atom. The molecule has 9 heteroatoms. The van der Waals surface area contributed by atoms with Crippen molar-refractivity contribution in [3.05, 3.63) is 46.6 Å². The van der Waals surface area contributed by atoms with E-state index in [2.05, 4.69) is 4.98 Å². The van der Waals surface area contributed by atoms with Crippen molar-refractivity contribution in [3.8, 4) is 16.9 Å². The van der Waals surface area contributed by atoms with Crippen LogP contribution in [-0.2, 0) is 6.18 Å². The van der Waals surface area contributed by atoms with E-state index >= 15 is 0 Å². The molecule has 0 bridgehead atoms. The number of rotatable bonds is 4. The molecule has 0 saturated heterocycles. The zero-order chi connectivity index (χ0) is 19.1. The van der Waals surface area contributed by atoms with Gasteiger partial charge in [0.05, 0.1) is 24.1 Å². The molecule has 1 fully saturated rings. The molecule has 1 aromatic heterocycles. The van der Waals surface area contributed by atoms with Gasteiger partial charge in [-0.15, -0.1) is 0 Å². The number of aliphatic hydroxyl groups is 1. The SMILES string of the molecule is O=c1c(-c2ccc(C(F)(F)F)cc2O)cncn1C1CC(C(F)CO)C1. The van der Waals surface area contributed by atoms with Crippen LogP contribution in [0.1, 0.15) is 24.4 Å². The molecule has 1 aliphatic rings. The Kier molecular flexibility index (Phi) is 4.74. The quantitative estimate of drug-likeness (QED) is 0.810. The molecule has 3 rings (SSSR count). The number of aliphatic hydroxyl groups excluding tert-OH is 1. The molecule has 5 nitrogen and oxygen atoms in total. The lowest BCUT2D eigenvalue weighted by Crippen LogP contribution is -2.39. The smallest absolute Gasteiger partial charge is 0.416 e. The average Bonchev–Trinajstić information content (AvgIpc) is 2.54. The van der Waals surface area contributed by atoms with Gasteiger partial charge >= 0.3 is 6.18 Å². The maximum absolute atomic E-state index is 13.4. The summed E-state index contributed by atoms with van der Waals surface area (Å²) in [4.78, 5) is 16.5. The van der Waals surface area contributed by atoms with E-state index in [-0.39, 0.29) is 23.1 Å². The topological polar surface area (TPSA) is 75.3 Å². The highest BCUT2D eigenvalue weighted by Gasteiger charge is 2.37. The van der Waals surface area contributed by atoms with E-state index in [0.29, 0.717) is 18.9 Å². The van der Waals surface area contributed by atoms with E-state index in [1.54, 1.807) is 0 Å². The van der Waals surface area contributed by atoms with Gasteiger partial charge < -0.3 is 10.2 Å².